The van der Waals surface area contributed by atoms with Crippen LogP contribution in [0.2, 0.25) is 0 Å². The van der Waals surface area contributed by atoms with Gasteiger partial charge in [-0.3, -0.25) is 9.59 Å². The Bertz CT molecular complexity index is 421. The summed E-state index contributed by atoms with van der Waals surface area (Å²) in [6.45, 7) is -0.135. The van der Waals surface area contributed by atoms with E-state index in [2.05, 4.69) is 5.32 Å². The molecule has 0 heterocycles. The second kappa shape index (κ2) is 5.20. The Hall–Kier alpha value is -1.98. The number of hydrogen-bond donors (Lipinski definition) is 2. The summed E-state index contributed by atoms with van der Waals surface area (Å²) in [5.74, 6) is -3.50. The van der Waals surface area contributed by atoms with Crippen molar-refractivity contribution in [3.63, 3.8) is 0 Å². The lowest BCUT2D eigenvalue weighted by molar-refractivity contribution is -0.136. The summed E-state index contributed by atoms with van der Waals surface area (Å²) in [5.41, 5.74) is -0.439. The number of benzene rings is 1. The van der Waals surface area contributed by atoms with E-state index in [1.807, 2.05) is 0 Å². The Morgan fingerprint density at radius 2 is 2.00 bits per heavy atom. The number of carboxylic acid groups (broad SMARTS) is 1. The fourth-order valence-electron chi connectivity index (χ4n) is 1.05. The summed E-state index contributed by atoms with van der Waals surface area (Å²) in [5, 5.41) is 10.5. The van der Waals surface area contributed by atoms with Crippen LogP contribution in [0.3, 0.4) is 0 Å². The molecule has 0 unspecified atom stereocenters. The fourth-order valence-corrected chi connectivity index (χ4v) is 1.05. The zero-order valence-electron chi connectivity index (χ0n) is 8.17. The van der Waals surface area contributed by atoms with Crippen molar-refractivity contribution < 1.29 is 23.5 Å². The molecular weight excluding hydrogens is 220 g/mol. The lowest BCUT2D eigenvalue weighted by Crippen LogP contribution is -2.26. The average Bonchev–Trinajstić information content (AvgIpc) is 2.21. The molecule has 1 aromatic rings. The van der Waals surface area contributed by atoms with Gasteiger partial charge in [0.05, 0.1) is 12.0 Å². The third-order valence-corrected chi connectivity index (χ3v) is 1.80. The van der Waals surface area contributed by atoms with Crippen molar-refractivity contribution in [2.24, 2.45) is 0 Å². The number of rotatable bonds is 4. The number of carbonyl (C=O) groups excluding carboxylic acids is 1. The molecule has 0 aliphatic carbocycles. The lowest BCUT2D eigenvalue weighted by atomic mass is 10.2. The largest absolute Gasteiger partial charge is 0.481 e. The van der Waals surface area contributed by atoms with Crippen LogP contribution in [0, 0.1) is 11.6 Å². The zero-order chi connectivity index (χ0) is 12.1. The van der Waals surface area contributed by atoms with Crippen molar-refractivity contribution in [1.82, 2.24) is 5.32 Å². The first-order valence-electron chi connectivity index (χ1n) is 4.45. The molecule has 0 saturated carbocycles. The maximum Gasteiger partial charge on any atom is 0.305 e. The van der Waals surface area contributed by atoms with Crippen molar-refractivity contribution in [2.75, 3.05) is 6.54 Å². The first-order valence-corrected chi connectivity index (χ1v) is 4.45. The molecule has 4 nitrogen and oxygen atoms in total. The first kappa shape index (κ1) is 12.1. The van der Waals surface area contributed by atoms with Crippen molar-refractivity contribution in [3.8, 4) is 0 Å². The number of aliphatic carboxylic acids is 1. The van der Waals surface area contributed by atoms with Gasteiger partial charge in [0.1, 0.15) is 11.6 Å². The average molecular weight is 229 g/mol. The van der Waals surface area contributed by atoms with Crippen LogP contribution in [0.4, 0.5) is 8.78 Å². The van der Waals surface area contributed by atoms with Gasteiger partial charge in [-0.1, -0.05) is 0 Å². The highest BCUT2D eigenvalue weighted by molar-refractivity contribution is 5.94. The van der Waals surface area contributed by atoms with E-state index in [9.17, 15) is 18.4 Å². The fraction of sp³-hybridized carbons (Fsp3) is 0.200. The standard InChI is InChI=1S/C10H9F2NO3/c11-6-1-2-8(12)7(5-6)10(16)13-4-3-9(14)15/h1-2,5H,3-4H2,(H,13,16)(H,14,15). The van der Waals surface area contributed by atoms with E-state index >= 15 is 0 Å². The third kappa shape index (κ3) is 3.30. The van der Waals surface area contributed by atoms with Gasteiger partial charge in [0, 0.05) is 6.54 Å². The summed E-state index contributed by atoms with van der Waals surface area (Å²) in [4.78, 5) is 21.4. The molecule has 86 valence electrons. The van der Waals surface area contributed by atoms with Gasteiger partial charge in [-0.05, 0) is 18.2 Å². The Morgan fingerprint density at radius 1 is 1.31 bits per heavy atom. The van der Waals surface area contributed by atoms with Crippen LogP contribution in [-0.2, 0) is 4.79 Å². The van der Waals surface area contributed by atoms with E-state index < -0.39 is 29.1 Å². The van der Waals surface area contributed by atoms with Gasteiger partial charge in [-0.2, -0.15) is 0 Å². The van der Waals surface area contributed by atoms with E-state index in [4.69, 9.17) is 5.11 Å². The molecule has 0 aliphatic rings. The summed E-state index contributed by atoms with van der Waals surface area (Å²) in [7, 11) is 0. The molecule has 1 aromatic carbocycles. The smallest absolute Gasteiger partial charge is 0.305 e. The molecule has 0 spiro atoms. The molecule has 0 fully saturated rings. The second-order valence-corrected chi connectivity index (χ2v) is 3.02. The van der Waals surface area contributed by atoms with Crippen LogP contribution < -0.4 is 5.32 Å². The summed E-state index contributed by atoms with van der Waals surface area (Å²) in [6.07, 6.45) is -0.275. The first-order chi connectivity index (χ1) is 7.50. The Morgan fingerprint density at radius 3 is 2.62 bits per heavy atom. The number of nitrogens with one attached hydrogen (secondary N) is 1. The zero-order valence-corrected chi connectivity index (χ0v) is 8.17. The number of carbonyl (C=O) groups is 2. The Balaban J connectivity index is 2.65. The van der Waals surface area contributed by atoms with Crippen molar-refractivity contribution in [1.29, 1.82) is 0 Å². The van der Waals surface area contributed by atoms with E-state index in [0.717, 1.165) is 18.2 Å². The SMILES string of the molecule is O=C(O)CCNC(=O)c1cc(F)ccc1F. The van der Waals surface area contributed by atoms with Crippen LogP contribution in [0.25, 0.3) is 0 Å². The molecule has 2 N–H and O–H groups in total. The maximum atomic E-state index is 13.1. The summed E-state index contributed by atoms with van der Waals surface area (Å²) < 4.78 is 25.8. The lowest BCUT2D eigenvalue weighted by Gasteiger charge is -2.04. The van der Waals surface area contributed by atoms with Gasteiger partial charge in [0.15, 0.2) is 0 Å². The molecule has 0 radical (unpaired) electrons. The highest BCUT2D eigenvalue weighted by Crippen LogP contribution is 2.09. The minimum atomic E-state index is -1.08. The van der Waals surface area contributed by atoms with Gasteiger partial charge in [-0.15, -0.1) is 0 Å². The molecule has 0 bridgehead atoms. The third-order valence-electron chi connectivity index (χ3n) is 1.80. The van der Waals surface area contributed by atoms with Crippen LogP contribution >= 0.6 is 0 Å². The van der Waals surface area contributed by atoms with E-state index in [-0.39, 0.29) is 13.0 Å². The molecule has 0 aromatic heterocycles. The molecule has 16 heavy (non-hydrogen) atoms. The van der Waals surface area contributed by atoms with Gasteiger partial charge < -0.3 is 10.4 Å². The summed E-state index contributed by atoms with van der Waals surface area (Å²) >= 11 is 0. The van der Waals surface area contributed by atoms with Gasteiger partial charge >= 0.3 is 5.97 Å². The van der Waals surface area contributed by atoms with Crippen molar-refractivity contribution >= 4 is 11.9 Å². The number of amides is 1. The second-order valence-electron chi connectivity index (χ2n) is 3.02. The molecule has 6 heteroatoms. The number of hydrogen-bond acceptors (Lipinski definition) is 2. The van der Waals surface area contributed by atoms with E-state index in [1.165, 1.54) is 0 Å². The van der Waals surface area contributed by atoms with E-state index in [0.29, 0.717) is 0 Å². The topological polar surface area (TPSA) is 66.4 Å². The Labute approximate surface area is 89.9 Å². The van der Waals surface area contributed by atoms with Crippen LogP contribution in [0.1, 0.15) is 16.8 Å². The maximum absolute atomic E-state index is 13.1. The van der Waals surface area contributed by atoms with Gasteiger partial charge in [-0.25, -0.2) is 8.78 Å². The predicted octanol–water partition coefficient (Wildman–Crippen LogP) is 1.17. The monoisotopic (exact) mass is 229 g/mol. The minimum Gasteiger partial charge on any atom is -0.481 e. The van der Waals surface area contributed by atoms with Crippen LogP contribution in [-0.4, -0.2) is 23.5 Å². The van der Waals surface area contributed by atoms with Crippen LogP contribution in [0.15, 0.2) is 18.2 Å². The molecule has 1 amide bonds. The van der Waals surface area contributed by atoms with Gasteiger partial charge in [0.25, 0.3) is 5.91 Å². The number of halogens is 2. The normalized spacial score (nSPS) is 9.88. The summed E-state index contributed by atoms with van der Waals surface area (Å²) in [6, 6.07) is 2.48. The van der Waals surface area contributed by atoms with Gasteiger partial charge in [0.2, 0.25) is 0 Å². The van der Waals surface area contributed by atoms with Crippen LogP contribution in [0.5, 0.6) is 0 Å². The van der Waals surface area contributed by atoms with Crippen molar-refractivity contribution in [2.45, 2.75) is 6.42 Å². The molecule has 1 rings (SSSR count). The highest BCUT2D eigenvalue weighted by Gasteiger charge is 2.12. The Kier molecular flexibility index (Phi) is 3.93. The minimum absolute atomic E-state index is 0.135. The quantitative estimate of drug-likeness (QED) is 0.814. The number of carboxylic acids is 1. The molecular formula is C10H9F2NO3. The predicted molar refractivity (Wildman–Crippen MR) is 50.9 cm³/mol. The molecule has 0 atom stereocenters. The molecule has 0 saturated heterocycles. The van der Waals surface area contributed by atoms with Crippen molar-refractivity contribution in [3.05, 3.63) is 35.4 Å². The molecule has 0 aliphatic heterocycles. The highest BCUT2D eigenvalue weighted by atomic mass is 19.1. The van der Waals surface area contributed by atoms with E-state index in [1.54, 1.807) is 0 Å².